The molecule has 0 saturated heterocycles. The molecule has 0 radical (unpaired) electrons. The summed E-state index contributed by atoms with van der Waals surface area (Å²) in [5.41, 5.74) is -0.503. The summed E-state index contributed by atoms with van der Waals surface area (Å²) >= 11 is 3.35. The number of halogens is 1. The molecule has 0 bridgehead atoms. The van der Waals surface area contributed by atoms with E-state index in [9.17, 15) is 14.7 Å². The standard InChI is InChI=1S/C15H18BrNO3/c1-3-4-7-17-13-6-5-11(16)8-12(13)15(20,14(17)19)9-10(2)18/h5-6,8,20H,3-4,7,9H2,1-2H3. The molecule has 0 aromatic heterocycles. The predicted octanol–water partition coefficient (Wildman–Crippen LogP) is 2.76. The number of anilines is 1. The van der Waals surface area contributed by atoms with Gasteiger partial charge < -0.3 is 10.0 Å². The summed E-state index contributed by atoms with van der Waals surface area (Å²) in [6.07, 6.45) is 1.64. The molecule has 2 rings (SSSR count). The number of unbranched alkanes of at least 4 members (excludes halogenated alkanes) is 1. The third-order valence-electron chi connectivity index (χ3n) is 3.53. The van der Waals surface area contributed by atoms with E-state index in [1.165, 1.54) is 6.92 Å². The zero-order valence-corrected chi connectivity index (χ0v) is 13.2. The Bertz CT molecular complexity index is 558. The van der Waals surface area contributed by atoms with Crippen LogP contribution in [0.5, 0.6) is 0 Å². The van der Waals surface area contributed by atoms with Crippen LogP contribution in [0.2, 0.25) is 0 Å². The molecule has 1 aliphatic heterocycles. The van der Waals surface area contributed by atoms with Crippen molar-refractivity contribution < 1.29 is 14.7 Å². The Labute approximate surface area is 126 Å². The smallest absolute Gasteiger partial charge is 0.264 e. The summed E-state index contributed by atoms with van der Waals surface area (Å²) < 4.78 is 0.781. The molecule has 108 valence electrons. The van der Waals surface area contributed by atoms with Crippen LogP contribution in [0.15, 0.2) is 22.7 Å². The van der Waals surface area contributed by atoms with Crippen molar-refractivity contribution in [2.24, 2.45) is 0 Å². The number of carbonyl (C=O) groups is 2. The molecule has 0 aliphatic carbocycles. The summed E-state index contributed by atoms with van der Waals surface area (Å²) in [7, 11) is 0. The predicted molar refractivity (Wildman–Crippen MR) is 80.6 cm³/mol. The van der Waals surface area contributed by atoms with Crippen LogP contribution in [0.4, 0.5) is 5.69 Å². The number of Topliss-reactive ketones (excluding diaryl/α,β-unsaturated/α-hetero) is 1. The fraction of sp³-hybridized carbons (Fsp3) is 0.467. The molecule has 4 nitrogen and oxygen atoms in total. The first-order valence-electron chi connectivity index (χ1n) is 6.74. The fourth-order valence-electron chi connectivity index (χ4n) is 2.59. The largest absolute Gasteiger partial charge is 0.375 e. The Kier molecular flexibility index (Phi) is 4.30. The Hall–Kier alpha value is -1.20. The van der Waals surface area contributed by atoms with Crippen LogP contribution < -0.4 is 4.90 Å². The zero-order chi connectivity index (χ0) is 14.9. The molecule has 1 aliphatic rings. The lowest BCUT2D eigenvalue weighted by atomic mass is 9.90. The second kappa shape index (κ2) is 5.66. The van der Waals surface area contributed by atoms with Crippen LogP contribution in [-0.2, 0) is 15.2 Å². The lowest BCUT2D eigenvalue weighted by Crippen LogP contribution is -2.41. The van der Waals surface area contributed by atoms with Gasteiger partial charge in [0.05, 0.1) is 5.69 Å². The van der Waals surface area contributed by atoms with E-state index in [2.05, 4.69) is 15.9 Å². The first kappa shape index (κ1) is 15.2. The van der Waals surface area contributed by atoms with Gasteiger partial charge in [-0.25, -0.2) is 0 Å². The molecule has 1 N–H and O–H groups in total. The topological polar surface area (TPSA) is 57.6 Å². The number of carbonyl (C=O) groups excluding carboxylic acids is 2. The Morgan fingerprint density at radius 1 is 1.45 bits per heavy atom. The van der Waals surface area contributed by atoms with Crippen LogP contribution >= 0.6 is 15.9 Å². The highest BCUT2D eigenvalue weighted by molar-refractivity contribution is 9.10. The minimum absolute atomic E-state index is 0.183. The summed E-state index contributed by atoms with van der Waals surface area (Å²) in [5, 5.41) is 10.7. The molecule has 1 unspecified atom stereocenters. The summed E-state index contributed by atoms with van der Waals surface area (Å²) in [4.78, 5) is 25.6. The van der Waals surface area contributed by atoms with Gasteiger partial charge in [0.2, 0.25) is 0 Å². The van der Waals surface area contributed by atoms with Gasteiger partial charge in [0.15, 0.2) is 5.60 Å². The van der Waals surface area contributed by atoms with E-state index in [-0.39, 0.29) is 12.2 Å². The molecule has 1 heterocycles. The maximum Gasteiger partial charge on any atom is 0.264 e. The number of amides is 1. The highest BCUT2D eigenvalue weighted by Gasteiger charge is 2.50. The number of rotatable bonds is 5. The van der Waals surface area contributed by atoms with Crippen LogP contribution in [0, 0.1) is 0 Å². The minimum atomic E-state index is -1.72. The van der Waals surface area contributed by atoms with Gasteiger partial charge in [-0.2, -0.15) is 0 Å². The van der Waals surface area contributed by atoms with Crippen molar-refractivity contribution in [2.45, 2.75) is 38.7 Å². The highest BCUT2D eigenvalue weighted by atomic mass is 79.9. The normalized spacial score (nSPS) is 21.2. The number of aliphatic hydroxyl groups is 1. The van der Waals surface area contributed by atoms with Crippen molar-refractivity contribution in [1.82, 2.24) is 0 Å². The van der Waals surface area contributed by atoms with Crippen LogP contribution in [0.3, 0.4) is 0 Å². The first-order valence-corrected chi connectivity index (χ1v) is 7.53. The number of ketones is 1. The van der Waals surface area contributed by atoms with E-state index in [1.807, 2.05) is 19.1 Å². The van der Waals surface area contributed by atoms with Gasteiger partial charge in [0, 0.05) is 23.0 Å². The molecular weight excluding hydrogens is 322 g/mol. The molecule has 0 fully saturated rings. The summed E-state index contributed by atoms with van der Waals surface area (Å²) in [5.74, 6) is -0.599. The monoisotopic (exact) mass is 339 g/mol. The van der Waals surface area contributed by atoms with E-state index >= 15 is 0 Å². The number of nitrogens with zero attached hydrogens (tertiary/aromatic N) is 1. The van der Waals surface area contributed by atoms with Crippen LogP contribution in [0.25, 0.3) is 0 Å². The van der Waals surface area contributed by atoms with E-state index in [0.717, 1.165) is 17.3 Å². The summed E-state index contributed by atoms with van der Waals surface area (Å²) in [6, 6.07) is 5.37. The lowest BCUT2D eigenvalue weighted by molar-refractivity contribution is -0.141. The van der Waals surface area contributed by atoms with E-state index < -0.39 is 11.5 Å². The van der Waals surface area contributed by atoms with Crippen molar-refractivity contribution in [1.29, 1.82) is 0 Å². The molecule has 20 heavy (non-hydrogen) atoms. The van der Waals surface area contributed by atoms with Crippen LogP contribution in [-0.4, -0.2) is 23.3 Å². The van der Waals surface area contributed by atoms with E-state index in [4.69, 9.17) is 0 Å². The fourth-order valence-corrected chi connectivity index (χ4v) is 2.95. The molecule has 1 amide bonds. The molecule has 0 saturated carbocycles. The quantitative estimate of drug-likeness (QED) is 0.897. The number of hydrogen-bond donors (Lipinski definition) is 1. The molecule has 5 heteroatoms. The SMILES string of the molecule is CCCCN1C(=O)C(O)(CC(C)=O)c2cc(Br)ccc21. The van der Waals surface area contributed by atoms with Crippen molar-refractivity contribution in [2.75, 3.05) is 11.4 Å². The van der Waals surface area contributed by atoms with Crippen molar-refractivity contribution in [3.63, 3.8) is 0 Å². The third-order valence-corrected chi connectivity index (χ3v) is 4.03. The van der Waals surface area contributed by atoms with Crippen molar-refractivity contribution in [3.05, 3.63) is 28.2 Å². The highest BCUT2D eigenvalue weighted by Crippen LogP contribution is 2.43. The van der Waals surface area contributed by atoms with Gasteiger partial charge in [-0.05, 0) is 31.5 Å². The number of benzene rings is 1. The third kappa shape index (κ3) is 2.52. The maximum atomic E-state index is 12.5. The van der Waals surface area contributed by atoms with Gasteiger partial charge in [0.1, 0.15) is 5.78 Å². The first-order chi connectivity index (χ1) is 9.40. The number of fused-ring (bicyclic) bond motifs is 1. The molecule has 1 aromatic carbocycles. The molecule has 1 aromatic rings. The van der Waals surface area contributed by atoms with Gasteiger partial charge in [-0.1, -0.05) is 29.3 Å². The Morgan fingerprint density at radius 3 is 2.75 bits per heavy atom. The van der Waals surface area contributed by atoms with Crippen LogP contribution in [0.1, 0.15) is 38.7 Å². The lowest BCUT2D eigenvalue weighted by Gasteiger charge is -2.22. The number of hydrogen-bond acceptors (Lipinski definition) is 3. The van der Waals surface area contributed by atoms with Gasteiger partial charge >= 0.3 is 0 Å². The second-order valence-corrected chi connectivity index (χ2v) is 6.13. The Balaban J connectivity index is 2.49. The maximum absolute atomic E-state index is 12.5. The average molecular weight is 340 g/mol. The zero-order valence-electron chi connectivity index (χ0n) is 11.6. The minimum Gasteiger partial charge on any atom is -0.375 e. The van der Waals surface area contributed by atoms with E-state index in [1.54, 1.807) is 11.0 Å². The van der Waals surface area contributed by atoms with E-state index in [0.29, 0.717) is 17.8 Å². The van der Waals surface area contributed by atoms with Gasteiger partial charge in [0.25, 0.3) is 5.91 Å². The molecule has 1 atom stereocenters. The van der Waals surface area contributed by atoms with Crippen molar-refractivity contribution >= 4 is 33.3 Å². The second-order valence-electron chi connectivity index (χ2n) is 5.21. The average Bonchev–Trinajstić information content (AvgIpc) is 2.57. The summed E-state index contributed by atoms with van der Waals surface area (Å²) in [6.45, 7) is 3.99. The van der Waals surface area contributed by atoms with Gasteiger partial charge in [-0.15, -0.1) is 0 Å². The molecule has 0 spiro atoms. The molecular formula is C15H18BrNO3. The van der Waals surface area contributed by atoms with Crippen molar-refractivity contribution in [3.8, 4) is 0 Å². The van der Waals surface area contributed by atoms with Gasteiger partial charge in [-0.3, -0.25) is 9.59 Å². The Morgan fingerprint density at radius 2 is 2.15 bits per heavy atom.